The number of rotatable bonds is 8. The summed E-state index contributed by atoms with van der Waals surface area (Å²) in [6, 6.07) is 11.6. The van der Waals surface area contributed by atoms with Gasteiger partial charge >= 0.3 is 6.03 Å². The van der Waals surface area contributed by atoms with Crippen molar-refractivity contribution in [3.63, 3.8) is 0 Å². The summed E-state index contributed by atoms with van der Waals surface area (Å²) >= 11 is 0. The van der Waals surface area contributed by atoms with Crippen LogP contribution < -0.4 is 0 Å². The molecule has 0 radical (unpaired) electrons. The summed E-state index contributed by atoms with van der Waals surface area (Å²) in [5.41, 5.74) is 2.64. The Morgan fingerprint density at radius 2 is 1.76 bits per heavy atom. The van der Waals surface area contributed by atoms with Gasteiger partial charge in [0.25, 0.3) is 0 Å². The summed E-state index contributed by atoms with van der Waals surface area (Å²) in [5.74, 6) is 0.705. The summed E-state index contributed by atoms with van der Waals surface area (Å²) in [7, 11) is 4.45. The predicted molar refractivity (Wildman–Crippen MR) is 151 cm³/mol. The highest BCUT2D eigenvalue weighted by molar-refractivity contribution is 5.79. The van der Waals surface area contributed by atoms with Crippen molar-refractivity contribution in [2.45, 2.75) is 75.4 Å². The molecule has 0 atom stereocenters. The van der Waals surface area contributed by atoms with Crippen molar-refractivity contribution in [1.82, 2.24) is 19.6 Å². The van der Waals surface area contributed by atoms with Crippen LogP contribution in [0.1, 0.15) is 63.9 Å². The van der Waals surface area contributed by atoms with Crippen LogP contribution in [-0.2, 0) is 5.54 Å². The SMILES string of the molecule is C=N/N=C\C=C(/C)N1CCC(N2C[C@]3(CC[C@](c4ccccc4)(N(C)C)CC3)N(CC3CC3)C2=O)CC1. The average molecular weight is 505 g/mol. The van der Waals surface area contributed by atoms with E-state index < -0.39 is 0 Å². The van der Waals surface area contributed by atoms with Gasteiger partial charge in [-0.15, -0.1) is 0 Å². The van der Waals surface area contributed by atoms with Crippen molar-refractivity contribution in [1.29, 1.82) is 0 Å². The molecular weight excluding hydrogens is 460 g/mol. The van der Waals surface area contributed by atoms with Gasteiger partial charge in [0.15, 0.2) is 0 Å². The van der Waals surface area contributed by atoms with E-state index in [1.165, 1.54) is 24.1 Å². The molecule has 1 spiro atoms. The molecule has 2 amide bonds. The van der Waals surface area contributed by atoms with Crippen molar-refractivity contribution in [3.8, 4) is 0 Å². The van der Waals surface area contributed by atoms with E-state index in [0.717, 1.165) is 64.7 Å². The monoisotopic (exact) mass is 504 g/mol. The maximum absolute atomic E-state index is 14.0. The minimum Gasteiger partial charge on any atom is -0.375 e. The maximum atomic E-state index is 14.0. The molecule has 4 aliphatic rings. The number of allylic oxidation sites excluding steroid dienone is 2. The second-order valence-electron chi connectivity index (χ2n) is 11.9. The Morgan fingerprint density at radius 1 is 1.08 bits per heavy atom. The van der Waals surface area contributed by atoms with E-state index in [0.29, 0.717) is 18.0 Å². The van der Waals surface area contributed by atoms with Crippen LogP contribution in [0.2, 0.25) is 0 Å². The molecule has 37 heavy (non-hydrogen) atoms. The van der Waals surface area contributed by atoms with Gasteiger partial charge < -0.3 is 14.7 Å². The number of hydrogen-bond donors (Lipinski definition) is 0. The number of hydrogen-bond acceptors (Lipinski definition) is 5. The first-order valence-electron chi connectivity index (χ1n) is 14.1. The minimum atomic E-state index is -0.0188. The molecule has 7 nitrogen and oxygen atoms in total. The molecule has 2 saturated heterocycles. The van der Waals surface area contributed by atoms with E-state index in [4.69, 9.17) is 0 Å². The van der Waals surface area contributed by atoms with Gasteiger partial charge in [-0.05, 0) is 89.9 Å². The van der Waals surface area contributed by atoms with Crippen molar-refractivity contribution in [3.05, 3.63) is 47.7 Å². The Hall–Kier alpha value is -2.67. The van der Waals surface area contributed by atoms with Crippen molar-refractivity contribution < 1.29 is 4.79 Å². The van der Waals surface area contributed by atoms with Gasteiger partial charge in [0.05, 0.1) is 11.8 Å². The van der Waals surface area contributed by atoms with Crippen molar-refractivity contribution in [2.24, 2.45) is 16.1 Å². The summed E-state index contributed by atoms with van der Waals surface area (Å²) in [6.45, 7) is 9.30. The highest BCUT2D eigenvalue weighted by atomic mass is 16.2. The normalized spacial score (nSPS) is 29.8. The van der Waals surface area contributed by atoms with Crippen LogP contribution in [-0.4, -0.2) is 90.4 Å². The number of benzene rings is 1. The van der Waals surface area contributed by atoms with Crippen LogP contribution >= 0.6 is 0 Å². The molecule has 1 aromatic rings. The Bertz CT molecular complexity index is 1010. The highest BCUT2D eigenvalue weighted by Gasteiger charge is 2.56. The molecule has 4 fully saturated rings. The standard InChI is InChI=1S/C30H44N6O/c1-24(12-19-32-31-2)34-20-13-27(14-21-34)35-23-29(36(28(35)37)22-25-10-11-25)15-17-30(18-16-29,33(3)4)26-8-6-5-7-9-26/h5-9,12,19,25,27H,2,10-11,13-18,20-23H2,1,3-4H3/b24-12+,32-19-/t29-,30+. The van der Waals surface area contributed by atoms with Crippen LogP contribution in [0.4, 0.5) is 4.79 Å². The number of likely N-dealkylation sites (tertiary alicyclic amines) is 1. The molecule has 5 rings (SSSR count). The van der Waals surface area contributed by atoms with E-state index in [1.54, 1.807) is 6.21 Å². The molecule has 0 bridgehead atoms. The fourth-order valence-electron chi connectivity index (χ4n) is 7.07. The molecule has 2 aliphatic heterocycles. The van der Waals surface area contributed by atoms with Crippen LogP contribution in [0.15, 0.2) is 52.3 Å². The molecule has 7 heteroatoms. The third kappa shape index (κ3) is 5.07. The molecule has 0 unspecified atom stereocenters. The van der Waals surface area contributed by atoms with Gasteiger partial charge in [-0.3, -0.25) is 4.90 Å². The number of piperidine rings is 1. The zero-order chi connectivity index (χ0) is 26.0. The molecular formula is C30H44N6O. The molecule has 2 aliphatic carbocycles. The van der Waals surface area contributed by atoms with E-state index in [2.05, 4.69) is 87.9 Å². The van der Waals surface area contributed by atoms with Crippen LogP contribution in [0.25, 0.3) is 0 Å². The van der Waals surface area contributed by atoms with Crippen LogP contribution in [0.3, 0.4) is 0 Å². The van der Waals surface area contributed by atoms with Gasteiger partial charge in [-0.25, -0.2) is 4.79 Å². The summed E-state index contributed by atoms with van der Waals surface area (Å²) in [4.78, 5) is 23.4. The molecule has 0 aromatic heterocycles. The lowest BCUT2D eigenvalue weighted by Crippen LogP contribution is -2.55. The topological polar surface area (TPSA) is 54.8 Å². The highest BCUT2D eigenvalue weighted by Crippen LogP contribution is 2.50. The first-order valence-corrected chi connectivity index (χ1v) is 14.1. The van der Waals surface area contributed by atoms with Crippen LogP contribution in [0, 0.1) is 5.92 Å². The molecule has 1 aromatic carbocycles. The third-order valence-corrected chi connectivity index (χ3v) is 9.69. The number of urea groups is 1. The van der Waals surface area contributed by atoms with Crippen LogP contribution in [0.5, 0.6) is 0 Å². The van der Waals surface area contributed by atoms with Gasteiger partial charge in [0, 0.05) is 50.2 Å². The Balaban J connectivity index is 1.31. The second kappa shape index (κ2) is 10.6. The summed E-state index contributed by atoms with van der Waals surface area (Å²) < 4.78 is 0. The lowest BCUT2D eigenvalue weighted by atomic mass is 9.68. The first-order chi connectivity index (χ1) is 17.9. The Morgan fingerprint density at radius 3 is 2.35 bits per heavy atom. The quantitative estimate of drug-likeness (QED) is 0.372. The first kappa shape index (κ1) is 26.0. The van der Waals surface area contributed by atoms with E-state index in [-0.39, 0.29) is 11.1 Å². The third-order valence-electron chi connectivity index (χ3n) is 9.69. The van der Waals surface area contributed by atoms with Gasteiger partial charge in [-0.1, -0.05) is 30.3 Å². The predicted octanol–water partition coefficient (Wildman–Crippen LogP) is 4.96. The fourth-order valence-corrected chi connectivity index (χ4v) is 7.07. The zero-order valence-electron chi connectivity index (χ0n) is 23.0. The number of nitrogens with zero attached hydrogens (tertiary/aromatic N) is 6. The molecule has 2 saturated carbocycles. The van der Waals surface area contributed by atoms with E-state index >= 15 is 0 Å². The number of carbonyl (C=O) groups is 1. The second-order valence-corrected chi connectivity index (χ2v) is 11.9. The number of carbonyl (C=O) groups excluding carboxylic acids is 1. The van der Waals surface area contributed by atoms with Crippen molar-refractivity contribution >= 4 is 19.0 Å². The Kier molecular flexibility index (Phi) is 7.44. The fraction of sp³-hybridized carbons (Fsp3) is 0.633. The molecule has 2 heterocycles. The number of amides is 2. The zero-order valence-corrected chi connectivity index (χ0v) is 23.0. The summed E-state index contributed by atoms with van der Waals surface area (Å²) in [6.07, 6.45) is 12.6. The Labute approximate surface area is 222 Å². The molecule has 0 N–H and O–H groups in total. The van der Waals surface area contributed by atoms with Gasteiger partial charge in [0.1, 0.15) is 0 Å². The van der Waals surface area contributed by atoms with E-state index in [9.17, 15) is 4.79 Å². The average Bonchev–Trinajstić information content (AvgIpc) is 3.71. The smallest absolute Gasteiger partial charge is 0.320 e. The minimum absolute atomic E-state index is 0.0188. The summed E-state index contributed by atoms with van der Waals surface area (Å²) in [5, 5.41) is 7.38. The maximum Gasteiger partial charge on any atom is 0.320 e. The lowest BCUT2D eigenvalue weighted by molar-refractivity contribution is 0.0222. The van der Waals surface area contributed by atoms with E-state index in [1.807, 2.05) is 6.08 Å². The van der Waals surface area contributed by atoms with Gasteiger partial charge in [-0.2, -0.15) is 10.2 Å². The molecule has 200 valence electrons. The lowest BCUT2D eigenvalue weighted by Gasteiger charge is -2.51. The largest absolute Gasteiger partial charge is 0.375 e. The van der Waals surface area contributed by atoms with Crippen molar-refractivity contribution in [2.75, 3.05) is 40.3 Å². The van der Waals surface area contributed by atoms with Gasteiger partial charge in [0.2, 0.25) is 0 Å².